The van der Waals surface area contributed by atoms with E-state index in [2.05, 4.69) is 0 Å². The second-order valence-corrected chi connectivity index (χ2v) is 8.43. The van der Waals surface area contributed by atoms with Gasteiger partial charge in [0.1, 0.15) is 5.75 Å². The number of carbonyl (C=O) groups excluding carboxylic acids is 1. The summed E-state index contributed by atoms with van der Waals surface area (Å²) in [6.07, 6.45) is 1.78. The van der Waals surface area contributed by atoms with Crippen molar-refractivity contribution in [1.29, 1.82) is 0 Å². The highest BCUT2D eigenvalue weighted by atomic mass is 32.2. The Morgan fingerprint density at radius 1 is 1.12 bits per heavy atom. The Morgan fingerprint density at radius 2 is 1.84 bits per heavy atom. The number of esters is 1. The van der Waals surface area contributed by atoms with Crippen LogP contribution in [0.25, 0.3) is 0 Å². The minimum atomic E-state index is -3.30. The first-order valence-corrected chi connectivity index (χ1v) is 9.92. The van der Waals surface area contributed by atoms with Gasteiger partial charge >= 0.3 is 5.97 Å². The summed E-state index contributed by atoms with van der Waals surface area (Å²) < 4.78 is 30.5. The molecule has 2 aromatic rings. The van der Waals surface area contributed by atoms with E-state index in [0.29, 0.717) is 30.0 Å². The average molecular weight is 359 g/mol. The zero-order chi connectivity index (χ0) is 18.4. The Kier molecular flexibility index (Phi) is 4.33. The van der Waals surface area contributed by atoms with E-state index in [1.165, 1.54) is 10.6 Å². The fourth-order valence-electron chi connectivity index (χ4n) is 3.11. The first-order valence-electron chi connectivity index (χ1n) is 8.07. The maximum atomic E-state index is 12.5. The van der Waals surface area contributed by atoms with Crippen LogP contribution in [0.4, 0.5) is 5.69 Å². The van der Waals surface area contributed by atoms with Crippen LogP contribution in [-0.4, -0.2) is 27.2 Å². The van der Waals surface area contributed by atoms with Crippen LogP contribution >= 0.6 is 0 Å². The van der Waals surface area contributed by atoms with Gasteiger partial charge < -0.3 is 4.74 Å². The summed E-state index contributed by atoms with van der Waals surface area (Å²) in [5, 5.41) is 0. The number of carbonyl (C=O) groups is 1. The lowest BCUT2D eigenvalue weighted by Crippen LogP contribution is -2.27. The second-order valence-electron chi connectivity index (χ2n) is 6.52. The van der Waals surface area contributed by atoms with E-state index in [0.717, 1.165) is 22.3 Å². The van der Waals surface area contributed by atoms with E-state index in [1.54, 1.807) is 18.2 Å². The van der Waals surface area contributed by atoms with Gasteiger partial charge in [-0.25, -0.2) is 13.2 Å². The molecule has 0 saturated heterocycles. The first kappa shape index (κ1) is 17.5. The van der Waals surface area contributed by atoms with Crippen molar-refractivity contribution in [3.05, 3.63) is 58.1 Å². The molecular formula is C19H21NO4S. The molecule has 0 bridgehead atoms. The van der Waals surface area contributed by atoms with Crippen LogP contribution in [0, 0.1) is 20.8 Å². The molecule has 0 fully saturated rings. The maximum Gasteiger partial charge on any atom is 0.343 e. The van der Waals surface area contributed by atoms with E-state index >= 15 is 0 Å². The SMILES string of the molecule is Cc1cc(C)c(C)c(OC(=O)c2ccc3c(c2)CCN3S(C)(=O)=O)c1. The fraction of sp³-hybridized carbons (Fsp3) is 0.316. The van der Waals surface area contributed by atoms with Crippen molar-refractivity contribution in [2.75, 3.05) is 17.1 Å². The largest absolute Gasteiger partial charge is 0.423 e. The van der Waals surface area contributed by atoms with Gasteiger partial charge in [0.15, 0.2) is 0 Å². The minimum absolute atomic E-state index is 0.406. The number of benzene rings is 2. The van der Waals surface area contributed by atoms with Gasteiger partial charge in [-0.2, -0.15) is 0 Å². The Balaban J connectivity index is 1.88. The minimum Gasteiger partial charge on any atom is -0.423 e. The Bertz CT molecular complexity index is 964. The number of anilines is 1. The van der Waals surface area contributed by atoms with Gasteiger partial charge in [0.2, 0.25) is 10.0 Å². The van der Waals surface area contributed by atoms with Crippen LogP contribution in [0.15, 0.2) is 30.3 Å². The molecule has 0 radical (unpaired) electrons. The molecule has 0 spiro atoms. The quantitative estimate of drug-likeness (QED) is 0.624. The van der Waals surface area contributed by atoms with Gasteiger partial charge in [-0.05, 0) is 73.7 Å². The van der Waals surface area contributed by atoms with Crippen molar-refractivity contribution in [3.63, 3.8) is 0 Å². The number of aryl methyl sites for hydroxylation is 2. The molecule has 0 amide bonds. The lowest BCUT2D eigenvalue weighted by atomic mass is 10.1. The molecule has 0 unspecified atom stereocenters. The predicted octanol–water partition coefficient (Wildman–Crippen LogP) is 3.15. The molecule has 0 N–H and O–H groups in total. The summed E-state index contributed by atoms with van der Waals surface area (Å²) in [7, 11) is -3.30. The van der Waals surface area contributed by atoms with Crippen molar-refractivity contribution >= 4 is 21.7 Å². The van der Waals surface area contributed by atoms with Crippen LogP contribution in [0.1, 0.15) is 32.6 Å². The third-order valence-electron chi connectivity index (χ3n) is 4.54. The predicted molar refractivity (Wildman–Crippen MR) is 97.9 cm³/mol. The topological polar surface area (TPSA) is 63.7 Å². The number of ether oxygens (including phenoxy) is 1. The molecule has 6 heteroatoms. The van der Waals surface area contributed by atoms with Crippen molar-refractivity contribution in [1.82, 2.24) is 0 Å². The summed E-state index contributed by atoms with van der Waals surface area (Å²) in [5.41, 5.74) is 4.94. The molecule has 0 aromatic heterocycles. The molecule has 0 saturated carbocycles. The molecule has 132 valence electrons. The molecule has 25 heavy (non-hydrogen) atoms. The average Bonchev–Trinajstić information content (AvgIpc) is 2.95. The van der Waals surface area contributed by atoms with Gasteiger partial charge in [0, 0.05) is 6.54 Å². The third kappa shape index (κ3) is 3.39. The van der Waals surface area contributed by atoms with Crippen LogP contribution in [0.3, 0.4) is 0 Å². The monoisotopic (exact) mass is 359 g/mol. The zero-order valence-corrected chi connectivity index (χ0v) is 15.6. The van der Waals surface area contributed by atoms with Crippen molar-refractivity contribution in [2.24, 2.45) is 0 Å². The number of rotatable bonds is 3. The summed E-state index contributed by atoms with van der Waals surface area (Å²) in [6.45, 7) is 6.26. The summed E-state index contributed by atoms with van der Waals surface area (Å²) in [6, 6.07) is 8.90. The summed E-state index contributed by atoms with van der Waals surface area (Å²) in [4.78, 5) is 12.5. The molecule has 5 nitrogen and oxygen atoms in total. The lowest BCUT2D eigenvalue weighted by Gasteiger charge is -2.16. The summed E-state index contributed by atoms with van der Waals surface area (Å²) >= 11 is 0. The van der Waals surface area contributed by atoms with Crippen molar-refractivity contribution in [2.45, 2.75) is 27.2 Å². The van der Waals surface area contributed by atoms with Crippen LogP contribution in [-0.2, 0) is 16.4 Å². The molecule has 0 atom stereocenters. The third-order valence-corrected chi connectivity index (χ3v) is 5.72. The molecule has 2 aromatic carbocycles. The normalized spacial score (nSPS) is 13.7. The molecular weight excluding hydrogens is 338 g/mol. The molecule has 1 aliphatic heterocycles. The lowest BCUT2D eigenvalue weighted by molar-refractivity contribution is 0.0733. The zero-order valence-electron chi connectivity index (χ0n) is 14.8. The number of fused-ring (bicyclic) bond motifs is 1. The summed E-state index contributed by atoms with van der Waals surface area (Å²) in [5.74, 6) is 0.120. The Hall–Kier alpha value is -2.34. The Labute approximate surface area is 148 Å². The maximum absolute atomic E-state index is 12.5. The van der Waals surface area contributed by atoms with Gasteiger partial charge in [-0.1, -0.05) is 6.07 Å². The smallest absolute Gasteiger partial charge is 0.343 e. The van der Waals surface area contributed by atoms with Gasteiger partial charge in [0.05, 0.1) is 17.5 Å². The van der Waals surface area contributed by atoms with E-state index in [4.69, 9.17) is 4.74 Å². The number of hydrogen-bond donors (Lipinski definition) is 0. The van der Waals surface area contributed by atoms with Crippen molar-refractivity contribution < 1.29 is 17.9 Å². The molecule has 1 heterocycles. The van der Waals surface area contributed by atoms with E-state index in [-0.39, 0.29) is 0 Å². The van der Waals surface area contributed by atoms with Crippen LogP contribution in [0.5, 0.6) is 5.75 Å². The van der Waals surface area contributed by atoms with E-state index in [9.17, 15) is 13.2 Å². The van der Waals surface area contributed by atoms with E-state index < -0.39 is 16.0 Å². The van der Waals surface area contributed by atoms with Gasteiger partial charge in [-0.3, -0.25) is 4.31 Å². The molecule has 0 aliphatic carbocycles. The number of hydrogen-bond acceptors (Lipinski definition) is 4. The number of nitrogens with zero attached hydrogens (tertiary/aromatic N) is 1. The molecule has 3 rings (SSSR count). The van der Waals surface area contributed by atoms with Gasteiger partial charge in [0.25, 0.3) is 0 Å². The van der Waals surface area contributed by atoms with Crippen molar-refractivity contribution in [3.8, 4) is 5.75 Å². The Morgan fingerprint density at radius 3 is 2.52 bits per heavy atom. The van der Waals surface area contributed by atoms with Crippen LogP contribution < -0.4 is 9.04 Å². The highest BCUT2D eigenvalue weighted by Gasteiger charge is 2.27. The standard InChI is InChI=1S/C19H21NO4S/c1-12-9-13(2)14(3)18(10-12)24-19(21)16-5-6-17-15(11-16)7-8-20(17)25(4,22)23/h5-6,9-11H,7-8H2,1-4H3. The number of sulfonamides is 1. The van der Waals surface area contributed by atoms with E-state index in [1.807, 2.05) is 32.9 Å². The second kappa shape index (κ2) is 6.19. The highest BCUT2D eigenvalue weighted by molar-refractivity contribution is 7.92. The first-order chi connectivity index (χ1) is 11.7. The highest BCUT2D eigenvalue weighted by Crippen LogP contribution is 2.31. The fourth-order valence-corrected chi connectivity index (χ4v) is 4.07. The molecule has 1 aliphatic rings. The van der Waals surface area contributed by atoms with Gasteiger partial charge in [-0.15, -0.1) is 0 Å². The van der Waals surface area contributed by atoms with Crippen LogP contribution in [0.2, 0.25) is 0 Å².